The molecule has 0 N–H and O–H groups in total. The number of hydrogen-bond donors (Lipinski definition) is 0. The van der Waals surface area contributed by atoms with Crippen molar-refractivity contribution < 1.29 is 9.47 Å². The number of hydrogen-bond acceptors (Lipinski definition) is 5. The van der Waals surface area contributed by atoms with Gasteiger partial charge in [0.1, 0.15) is 11.8 Å². The molecule has 0 atom stereocenters. The second kappa shape index (κ2) is 5.14. The molecule has 6 heteroatoms. The Morgan fingerprint density at radius 1 is 1.13 bits per heavy atom. The fraction of sp³-hybridized carbons (Fsp3) is 0.118. The molecule has 1 aliphatic rings. The van der Waals surface area contributed by atoms with Gasteiger partial charge in [0.25, 0.3) is 0 Å². The smallest absolute Gasteiger partial charge is 0.231 e. The molecule has 0 amide bonds. The Balaban J connectivity index is 1.93. The number of ether oxygens (including phenoxy) is 2. The van der Waals surface area contributed by atoms with Crippen LogP contribution in [0.5, 0.6) is 11.5 Å². The number of benzene rings is 2. The summed E-state index contributed by atoms with van der Waals surface area (Å²) in [5.74, 6) is 1.35. The van der Waals surface area contributed by atoms with Gasteiger partial charge in [0, 0.05) is 5.56 Å². The van der Waals surface area contributed by atoms with Crippen molar-refractivity contribution in [2.75, 3.05) is 6.79 Å². The molecule has 1 aliphatic heterocycles. The van der Waals surface area contributed by atoms with Crippen LogP contribution in [0.1, 0.15) is 11.3 Å². The molecule has 0 bridgehead atoms. The van der Waals surface area contributed by atoms with Crippen LogP contribution in [0.15, 0.2) is 42.5 Å². The predicted octanol–water partition coefficient (Wildman–Crippen LogP) is 2.84. The maximum Gasteiger partial charge on any atom is 0.231 e. The number of nitriles is 1. The molecule has 0 saturated heterocycles. The van der Waals surface area contributed by atoms with Gasteiger partial charge in [-0.05, 0) is 36.8 Å². The van der Waals surface area contributed by atoms with Crippen LogP contribution in [-0.2, 0) is 0 Å². The minimum Gasteiger partial charge on any atom is -0.454 e. The van der Waals surface area contributed by atoms with Crippen molar-refractivity contribution in [2.24, 2.45) is 0 Å². The fourth-order valence-corrected chi connectivity index (χ4v) is 2.63. The summed E-state index contributed by atoms with van der Waals surface area (Å²) in [6.07, 6.45) is 0. The Hall–Kier alpha value is -3.33. The molecular weight excluding hydrogens is 292 g/mol. The van der Waals surface area contributed by atoms with E-state index in [9.17, 15) is 5.26 Å². The highest BCUT2D eigenvalue weighted by Crippen LogP contribution is 2.37. The Kier molecular flexibility index (Phi) is 2.98. The van der Waals surface area contributed by atoms with Gasteiger partial charge in [-0.25, -0.2) is 4.68 Å². The van der Waals surface area contributed by atoms with Crippen LogP contribution in [0.25, 0.3) is 16.9 Å². The lowest BCUT2D eigenvalue weighted by molar-refractivity contribution is 0.174. The molecule has 2 heterocycles. The number of aryl methyl sites for hydroxylation is 1. The molecule has 0 aliphatic carbocycles. The van der Waals surface area contributed by atoms with Crippen molar-refractivity contribution in [2.45, 2.75) is 6.92 Å². The molecule has 6 nitrogen and oxygen atoms in total. The molecule has 3 aromatic rings. The summed E-state index contributed by atoms with van der Waals surface area (Å²) in [6, 6.07) is 15.5. The molecule has 2 aromatic carbocycles. The lowest BCUT2D eigenvalue weighted by Gasteiger charge is -2.09. The SMILES string of the molecule is Cc1ccccc1-n1nnc(C#N)c1-c1ccc2c(c1)OCO2. The van der Waals surface area contributed by atoms with Crippen molar-refractivity contribution in [3.63, 3.8) is 0 Å². The Morgan fingerprint density at radius 3 is 2.78 bits per heavy atom. The Bertz CT molecular complexity index is 940. The van der Waals surface area contributed by atoms with E-state index in [4.69, 9.17) is 9.47 Å². The molecule has 112 valence electrons. The average Bonchev–Trinajstić information content (AvgIpc) is 3.20. The van der Waals surface area contributed by atoms with E-state index >= 15 is 0 Å². The minimum absolute atomic E-state index is 0.208. The zero-order valence-corrected chi connectivity index (χ0v) is 12.4. The summed E-state index contributed by atoms with van der Waals surface area (Å²) >= 11 is 0. The van der Waals surface area contributed by atoms with E-state index in [-0.39, 0.29) is 12.5 Å². The summed E-state index contributed by atoms with van der Waals surface area (Å²) in [5, 5.41) is 17.5. The van der Waals surface area contributed by atoms with Crippen molar-refractivity contribution in [3.8, 4) is 34.5 Å². The van der Waals surface area contributed by atoms with Crippen molar-refractivity contribution in [1.82, 2.24) is 15.0 Å². The predicted molar refractivity (Wildman–Crippen MR) is 82.4 cm³/mol. The van der Waals surface area contributed by atoms with Gasteiger partial charge in [-0.2, -0.15) is 5.26 Å². The summed E-state index contributed by atoms with van der Waals surface area (Å²) < 4.78 is 12.4. The summed E-state index contributed by atoms with van der Waals surface area (Å²) in [6.45, 7) is 2.20. The van der Waals surface area contributed by atoms with E-state index in [1.165, 1.54) is 0 Å². The van der Waals surface area contributed by atoms with Crippen LogP contribution < -0.4 is 9.47 Å². The maximum atomic E-state index is 9.38. The van der Waals surface area contributed by atoms with Gasteiger partial charge in [0.05, 0.1) is 5.69 Å². The first-order valence-electron chi connectivity index (χ1n) is 7.10. The van der Waals surface area contributed by atoms with Gasteiger partial charge in [0.2, 0.25) is 6.79 Å². The highest BCUT2D eigenvalue weighted by Gasteiger charge is 2.20. The quantitative estimate of drug-likeness (QED) is 0.728. The van der Waals surface area contributed by atoms with Gasteiger partial charge in [-0.3, -0.25) is 0 Å². The molecule has 0 fully saturated rings. The number of aromatic nitrogens is 3. The van der Waals surface area contributed by atoms with Gasteiger partial charge < -0.3 is 9.47 Å². The van der Waals surface area contributed by atoms with Crippen LogP contribution in [0.4, 0.5) is 0 Å². The number of para-hydroxylation sites is 1. The zero-order chi connectivity index (χ0) is 15.8. The van der Waals surface area contributed by atoms with Crippen LogP contribution in [0.2, 0.25) is 0 Å². The monoisotopic (exact) mass is 304 g/mol. The van der Waals surface area contributed by atoms with E-state index in [1.54, 1.807) is 4.68 Å². The van der Waals surface area contributed by atoms with Crippen molar-refractivity contribution in [3.05, 3.63) is 53.7 Å². The summed E-state index contributed by atoms with van der Waals surface area (Å²) in [7, 11) is 0. The first-order valence-corrected chi connectivity index (χ1v) is 7.10. The van der Waals surface area contributed by atoms with Gasteiger partial charge in [-0.1, -0.05) is 23.4 Å². The van der Waals surface area contributed by atoms with Crippen molar-refractivity contribution in [1.29, 1.82) is 5.26 Å². The third-order valence-electron chi connectivity index (χ3n) is 3.77. The van der Waals surface area contributed by atoms with Crippen LogP contribution in [-0.4, -0.2) is 21.8 Å². The van der Waals surface area contributed by atoms with Gasteiger partial charge >= 0.3 is 0 Å². The molecular formula is C17H12N4O2. The van der Waals surface area contributed by atoms with Crippen LogP contribution in [0.3, 0.4) is 0 Å². The first-order chi connectivity index (χ1) is 11.3. The van der Waals surface area contributed by atoms with Crippen LogP contribution in [0, 0.1) is 18.3 Å². The largest absolute Gasteiger partial charge is 0.454 e. The highest BCUT2D eigenvalue weighted by molar-refractivity contribution is 5.70. The van der Waals surface area contributed by atoms with E-state index in [1.807, 2.05) is 49.4 Å². The number of nitrogens with zero attached hydrogens (tertiary/aromatic N) is 4. The third kappa shape index (κ3) is 2.10. The average molecular weight is 304 g/mol. The van der Waals surface area contributed by atoms with E-state index < -0.39 is 0 Å². The Morgan fingerprint density at radius 2 is 1.96 bits per heavy atom. The topological polar surface area (TPSA) is 73.0 Å². The summed E-state index contributed by atoms with van der Waals surface area (Å²) in [4.78, 5) is 0. The van der Waals surface area contributed by atoms with Crippen molar-refractivity contribution >= 4 is 0 Å². The number of fused-ring (bicyclic) bond motifs is 1. The molecule has 23 heavy (non-hydrogen) atoms. The lowest BCUT2D eigenvalue weighted by Crippen LogP contribution is -2.02. The first kappa shape index (κ1) is 13.3. The minimum atomic E-state index is 0.208. The molecule has 1 aromatic heterocycles. The van der Waals surface area contributed by atoms with E-state index in [0.29, 0.717) is 17.2 Å². The van der Waals surface area contributed by atoms with Crippen LogP contribution >= 0.6 is 0 Å². The molecule has 0 radical (unpaired) electrons. The Labute approximate surface area is 132 Å². The standard InChI is InChI=1S/C17H12N4O2/c1-11-4-2-3-5-14(11)21-17(13(9-18)19-20-21)12-6-7-15-16(8-12)23-10-22-15/h2-8H,10H2,1H3. The maximum absolute atomic E-state index is 9.38. The zero-order valence-electron chi connectivity index (χ0n) is 12.4. The second-order valence-corrected chi connectivity index (χ2v) is 5.16. The molecule has 0 spiro atoms. The normalized spacial score (nSPS) is 12.2. The molecule has 0 unspecified atom stereocenters. The highest BCUT2D eigenvalue weighted by atomic mass is 16.7. The van der Waals surface area contributed by atoms with E-state index in [0.717, 1.165) is 16.8 Å². The summed E-state index contributed by atoms with van der Waals surface area (Å²) in [5.41, 5.74) is 3.64. The lowest BCUT2D eigenvalue weighted by atomic mass is 10.1. The third-order valence-corrected chi connectivity index (χ3v) is 3.77. The second-order valence-electron chi connectivity index (χ2n) is 5.16. The van der Waals surface area contributed by atoms with Gasteiger partial charge in [0.15, 0.2) is 17.2 Å². The fourth-order valence-electron chi connectivity index (χ4n) is 2.63. The molecule has 4 rings (SSSR count). The number of rotatable bonds is 2. The van der Waals surface area contributed by atoms with Gasteiger partial charge in [-0.15, -0.1) is 5.10 Å². The van der Waals surface area contributed by atoms with E-state index in [2.05, 4.69) is 16.4 Å². The molecule has 0 saturated carbocycles.